The van der Waals surface area contributed by atoms with Crippen molar-refractivity contribution in [2.45, 2.75) is 155 Å². The molecule has 0 N–H and O–H groups in total. The zero-order valence-electron chi connectivity index (χ0n) is 18.3. The molecule has 0 aromatic heterocycles. The van der Waals surface area contributed by atoms with Crippen molar-refractivity contribution in [3.05, 3.63) is 0 Å². The summed E-state index contributed by atoms with van der Waals surface area (Å²) in [4.78, 5) is 0. The van der Waals surface area contributed by atoms with Gasteiger partial charge in [0.05, 0.1) is 0 Å². The van der Waals surface area contributed by atoms with Crippen molar-refractivity contribution in [3.63, 3.8) is 0 Å². The first-order valence-corrected chi connectivity index (χ1v) is 12.8. The highest BCUT2D eigenvalue weighted by molar-refractivity contribution is 4.89. The van der Waals surface area contributed by atoms with E-state index in [2.05, 4.69) is 6.92 Å². The summed E-state index contributed by atoms with van der Waals surface area (Å²) in [5, 5.41) is 0. The van der Waals surface area contributed by atoms with Gasteiger partial charge in [-0.3, -0.25) is 0 Å². The molecule has 0 bridgehead atoms. The molecule has 1 spiro atoms. The van der Waals surface area contributed by atoms with Crippen LogP contribution in [0.2, 0.25) is 0 Å². The minimum atomic E-state index is 0.832. The van der Waals surface area contributed by atoms with Crippen LogP contribution in [0.1, 0.15) is 155 Å². The third kappa shape index (κ3) is 9.27. The van der Waals surface area contributed by atoms with E-state index in [1.165, 1.54) is 103 Å². The highest BCUT2D eigenvalue weighted by Crippen LogP contribution is 2.51. The van der Waals surface area contributed by atoms with E-state index in [1.807, 2.05) is 0 Å². The second-order valence-corrected chi connectivity index (χ2v) is 10.1. The number of rotatable bonds is 15. The van der Waals surface area contributed by atoms with Crippen LogP contribution in [0.4, 0.5) is 0 Å². The molecule has 2 aliphatic carbocycles. The summed E-state index contributed by atoms with van der Waals surface area (Å²) in [5.41, 5.74) is 0.832. The Labute approximate surface area is 166 Å². The van der Waals surface area contributed by atoms with E-state index in [1.54, 1.807) is 44.9 Å². The monoisotopic (exact) mass is 362 g/mol. The number of unbranched alkanes of at least 4 members (excludes halogenated alkanes) is 13. The zero-order valence-corrected chi connectivity index (χ0v) is 18.3. The molecule has 2 fully saturated rings. The smallest absolute Gasteiger partial charge is 0.0295 e. The van der Waals surface area contributed by atoms with Crippen molar-refractivity contribution in [1.29, 1.82) is 0 Å². The Balaban J connectivity index is 1.32. The molecule has 1 unspecified atom stereocenters. The van der Waals surface area contributed by atoms with Crippen LogP contribution in [0.15, 0.2) is 0 Å². The first kappa shape index (κ1) is 22.3. The number of hydrogen-bond donors (Lipinski definition) is 0. The van der Waals surface area contributed by atoms with E-state index in [0.717, 1.165) is 11.3 Å². The summed E-state index contributed by atoms with van der Waals surface area (Å²) in [6, 6.07) is 0. The Kier molecular flexibility index (Phi) is 12.1. The molecular formula is C26H50. The van der Waals surface area contributed by atoms with Gasteiger partial charge in [0.2, 0.25) is 0 Å². The molecule has 0 aromatic carbocycles. The van der Waals surface area contributed by atoms with Crippen molar-refractivity contribution in [2.24, 2.45) is 11.3 Å². The van der Waals surface area contributed by atoms with Gasteiger partial charge in [-0.2, -0.15) is 0 Å². The van der Waals surface area contributed by atoms with Gasteiger partial charge in [-0.05, 0) is 37.0 Å². The summed E-state index contributed by atoms with van der Waals surface area (Å²) in [7, 11) is 0. The second kappa shape index (κ2) is 14.1. The Hall–Kier alpha value is 0. The molecule has 2 aliphatic rings. The van der Waals surface area contributed by atoms with E-state index in [4.69, 9.17) is 0 Å². The molecule has 0 amide bonds. The van der Waals surface area contributed by atoms with Gasteiger partial charge in [0, 0.05) is 0 Å². The lowest BCUT2D eigenvalue weighted by Crippen LogP contribution is -2.25. The van der Waals surface area contributed by atoms with Gasteiger partial charge < -0.3 is 0 Å². The van der Waals surface area contributed by atoms with Gasteiger partial charge in [0.1, 0.15) is 0 Å². The van der Waals surface area contributed by atoms with Crippen LogP contribution >= 0.6 is 0 Å². The fourth-order valence-electron chi connectivity index (χ4n) is 6.04. The quantitative estimate of drug-likeness (QED) is 0.254. The van der Waals surface area contributed by atoms with Crippen molar-refractivity contribution in [1.82, 2.24) is 0 Å². The minimum Gasteiger partial charge on any atom is -0.0654 e. The predicted octanol–water partition coefficient (Wildman–Crippen LogP) is 9.61. The van der Waals surface area contributed by atoms with E-state index >= 15 is 0 Å². The minimum absolute atomic E-state index is 0.832. The maximum atomic E-state index is 2.31. The van der Waals surface area contributed by atoms with Gasteiger partial charge in [0.25, 0.3) is 0 Å². The van der Waals surface area contributed by atoms with Crippen LogP contribution < -0.4 is 0 Å². The zero-order chi connectivity index (χ0) is 18.3. The number of hydrogen-bond acceptors (Lipinski definition) is 0. The van der Waals surface area contributed by atoms with Crippen molar-refractivity contribution >= 4 is 0 Å². The standard InChI is InChI=1S/C26H50/c1-2-3-4-5-6-7-8-9-10-11-12-13-14-15-19-25-20-18-23-26(24-25)21-16-17-22-26/h25H,2-24H2,1H3. The summed E-state index contributed by atoms with van der Waals surface area (Å²) < 4.78 is 0. The van der Waals surface area contributed by atoms with Gasteiger partial charge >= 0.3 is 0 Å². The second-order valence-electron chi connectivity index (χ2n) is 10.1. The van der Waals surface area contributed by atoms with E-state index in [9.17, 15) is 0 Å². The Morgan fingerprint density at radius 2 is 1.04 bits per heavy atom. The summed E-state index contributed by atoms with van der Waals surface area (Å²) in [6.45, 7) is 2.31. The molecule has 0 heterocycles. The molecule has 0 saturated heterocycles. The topological polar surface area (TPSA) is 0 Å². The molecule has 1 atom stereocenters. The lowest BCUT2D eigenvalue weighted by Gasteiger charge is -2.38. The molecule has 2 saturated carbocycles. The SMILES string of the molecule is CCCCCCCCCCCCCCCCC1CCCC2(CCCC2)C1. The maximum Gasteiger partial charge on any atom is -0.0295 e. The van der Waals surface area contributed by atoms with E-state index < -0.39 is 0 Å². The summed E-state index contributed by atoms with van der Waals surface area (Å²) >= 11 is 0. The van der Waals surface area contributed by atoms with Crippen LogP contribution in [0.25, 0.3) is 0 Å². The molecule has 0 nitrogen and oxygen atoms in total. The van der Waals surface area contributed by atoms with Crippen molar-refractivity contribution in [2.75, 3.05) is 0 Å². The Morgan fingerprint density at radius 1 is 0.577 bits per heavy atom. The molecule has 26 heavy (non-hydrogen) atoms. The summed E-state index contributed by atoms with van der Waals surface area (Å²) in [6.07, 6.45) is 34.8. The third-order valence-electron chi connectivity index (χ3n) is 7.67. The van der Waals surface area contributed by atoms with Crippen molar-refractivity contribution < 1.29 is 0 Å². The highest BCUT2D eigenvalue weighted by atomic mass is 14.4. The molecular weight excluding hydrogens is 312 g/mol. The van der Waals surface area contributed by atoms with Crippen LogP contribution in [0, 0.1) is 11.3 Å². The third-order valence-corrected chi connectivity index (χ3v) is 7.67. The van der Waals surface area contributed by atoms with Crippen molar-refractivity contribution in [3.8, 4) is 0 Å². The molecule has 0 aromatic rings. The van der Waals surface area contributed by atoms with Gasteiger partial charge in [0.15, 0.2) is 0 Å². The largest absolute Gasteiger partial charge is 0.0654 e. The first-order valence-electron chi connectivity index (χ1n) is 12.8. The van der Waals surface area contributed by atoms with E-state index in [-0.39, 0.29) is 0 Å². The molecule has 2 rings (SSSR count). The average Bonchev–Trinajstić information content (AvgIpc) is 3.09. The normalized spacial score (nSPS) is 22.3. The fourth-order valence-corrected chi connectivity index (χ4v) is 6.04. The molecule has 0 radical (unpaired) electrons. The Morgan fingerprint density at radius 3 is 1.58 bits per heavy atom. The summed E-state index contributed by atoms with van der Waals surface area (Å²) in [5.74, 6) is 1.10. The lowest BCUT2D eigenvalue weighted by molar-refractivity contribution is 0.137. The lowest BCUT2D eigenvalue weighted by atomic mass is 9.67. The Bertz CT molecular complexity index is 312. The van der Waals surface area contributed by atoms with Gasteiger partial charge in [-0.15, -0.1) is 0 Å². The maximum absolute atomic E-state index is 2.31. The highest BCUT2D eigenvalue weighted by Gasteiger charge is 2.37. The van der Waals surface area contributed by atoms with Crippen LogP contribution in [-0.2, 0) is 0 Å². The first-order chi connectivity index (χ1) is 12.8. The van der Waals surface area contributed by atoms with E-state index in [0.29, 0.717) is 0 Å². The average molecular weight is 363 g/mol. The fraction of sp³-hybridized carbons (Fsp3) is 1.00. The van der Waals surface area contributed by atoms with Gasteiger partial charge in [-0.25, -0.2) is 0 Å². The predicted molar refractivity (Wildman–Crippen MR) is 118 cm³/mol. The molecule has 0 heteroatoms. The molecule has 154 valence electrons. The molecule has 0 aliphatic heterocycles. The van der Waals surface area contributed by atoms with Crippen LogP contribution in [0.5, 0.6) is 0 Å². The van der Waals surface area contributed by atoms with Crippen LogP contribution in [0.3, 0.4) is 0 Å². The van der Waals surface area contributed by atoms with Gasteiger partial charge in [-0.1, -0.05) is 129 Å². The van der Waals surface area contributed by atoms with Crippen LogP contribution in [-0.4, -0.2) is 0 Å².